The molecule has 0 heterocycles. The second-order valence-corrected chi connectivity index (χ2v) is 4.39. The minimum atomic E-state index is -0.438. The van der Waals surface area contributed by atoms with E-state index in [4.69, 9.17) is 0 Å². The molecule has 0 aromatic heterocycles. The van der Waals surface area contributed by atoms with E-state index < -0.39 is 6.10 Å². The van der Waals surface area contributed by atoms with E-state index >= 15 is 0 Å². The third-order valence-corrected chi connectivity index (χ3v) is 3.11. The minimum Gasteiger partial charge on any atom is -0.392 e. The van der Waals surface area contributed by atoms with Crippen molar-refractivity contribution < 1.29 is 5.11 Å². The zero-order valence-corrected chi connectivity index (χ0v) is 10.4. The van der Waals surface area contributed by atoms with Gasteiger partial charge in [0.05, 0.1) is 6.10 Å². The Morgan fingerprint density at radius 1 is 0.889 bits per heavy atom. The predicted molar refractivity (Wildman–Crippen MR) is 75.5 cm³/mol. The zero-order valence-electron chi connectivity index (χ0n) is 10.4. The Hall–Kier alpha value is -1.86. The summed E-state index contributed by atoms with van der Waals surface area (Å²) in [6.07, 6.45) is 1.92. The van der Waals surface area contributed by atoms with Gasteiger partial charge in [-0.3, -0.25) is 0 Å². The summed E-state index contributed by atoms with van der Waals surface area (Å²) in [5.74, 6) is 0.00500. The van der Waals surface area contributed by atoms with Crippen LogP contribution in [0.5, 0.6) is 0 Å². The Morgan fingerprint density at radius 2 is 1.33 bits per heavy atom. The minimum absolute atomic E-state index is 0.00500. The molecule has 92 valence electrons. The molecule has 0 saturated carbocycles. The molecule has 1 unspecified atom stereocenters. The number of hydrogen-bond donors (Lipinski definition) is 1. The highest BCUT2D eigenvalue weighted by Crippen LogP contribution is 2.29. The van der Waals surface area contributed by atoms with Gasteiger partial charge in [-0.2, -0.15) is 0 Å². The van der Waals surface area contributed by atoms with Crippen LogP contribution in [-0.4, -0.2) is 11.2 Å². The summed E-state index contributed by atoms with van der Waals surface area (Å²) in [6.45, 7) is 3.71. The Bertz CT molecular complexity index is 436. The predicted octanol–water partition coefficient (Wildman–Crippen LogP) is 3.76. The highest BCUT2D eigenvalue weighted by molar-refractivity contribution is 5.33. The summed E-state index contributed by atoms with van der Waals surface area (Å²) < 4.78 is 0. The van der Waals surface area contributed by atoms with Gasteiger partial charge in [0.15, 0.2) is 0 Å². The Balaban J connectivity index is 2.38. The van der Waals surface area contributed by atoms with Gasteiger partial charge in [-0.1, -0.05) is 66.7 Å². The summed E-state index contributed by atoms with van der Waals surface area (Å²) in [4.78, 5) is 0. The van der Waals surface area contributed by atoms with Gasteiger partial charge in [0.2, 0.25) is 0 Å². The van der Waals surface area contributed by atoms with Crippen LogP contribution in [0.15, 0.2) is 73.3 Å². The quantitative estimate of drug-likeness (QED) is 0.786. The van der Waals surface area contributed by atoms with Gasteiger partial charge in [-0.25, -0.2) is 0 Å². The Kier molecular flexibility index (Phi) is 4.32. The lowest BCUT2D eigenvalue weighted by atomic mass is 9.85. The fourth-order valence-electron chi connectivity index (χ4n) is 2.26. The zero-order chi connectivity index (χ0) is 12.8. The maximum absolute atomic E-state index is 10.3. The van der Waals surface area contributed by atoms with Crippen molar-refractivity contribution in [1.29, 1.82) is 0 Å². The molecule has 0 aliphatic carbocycles. The number of rotatable bonds is 5. The molecule has 0 aliphatic heterocycles. The van der Waals surface area contributed by atoms with E-state index in [1.165, 1.54) is 0 Å². The molecule has 0 amide bonds. The van der Waals surface area contributed by atoms with Crippen molar-refractivity contribution in [2.24, 2.45) is 0 Å². The van der Waals surface area contributed by atoms with E-state index in [0.717, 1.165) is 11.1 Å². The van der Waals surface area contributed by atoms with Crippen LogP contribution in [-0.2, 0) is 0 Å². The maximum atomic E-state index is 10.3. The third-order valence-electron chi connectivity index (χ3n) is 3.11. The number of benzene rings is 2. The molecular weight excluding hydrogens is 220 g/mol. The van der Waals surface area contributed by atoms with E-state index in [1.807, 2.05) is 36.4 Å². The maximum Gasteiger partial charge on any atom is 0.0683 e. The molecule has 0 spiro atoms. The van der Waals surface area contributed by atoms with Crippen LogP contribution < -0.4 is 0 Å². The highest BCUT2D eigenvalue weighted by atomic mass is 16.3. The topological polar surface area (TPSA) is 20.2 Å². The van der Waals surface area contributed by atoms with Crippen LogP contribution in [0.3, 0.4) is 0 Å². The molecule has 2 rings (SSSR count). The lowest BCUT2D eigenvalue weighted by Crippen LogP contribution is -2.19. The molecule has 0 fully saturated rings. The summed E-state index contributed by atoms with van der Waals surface area (Å²) in [7, 11) is 0. The summed E-state index contributed by atoms with van der Waals surface area (Å²) in [5.41, 5.74) is 2.27. The highest BCUT2D eigenvalue weighted by Gasteiger charge is 2.21. The summed E-state index contributed by atoms with van der Waals surface area (Å²) >= 11 is 0. The van der Waals surface area contributed by atoms with Crippen molar-refractivity contribution in [3.05, 3.63) is 84.4 Å². The van der Waals surface area contributed by atoms with Crippen LogP contribution in [0.4, 0.5) is 0 Å². The molecule has 1 nitrogen and oxygen atoms in total. The van der Waals surface area contributed by atoms with E-state index in [0.29, 0.717) is 6.42 Å². The van der Waals surface area contributed by atoms with E-state index in [9.17, 15) is 5.11 Å². The summed E-state index contributed by atoms with van der Waals surface area (Å²) in [6, 6.07) is 20.2. The molecule has 0 radical (unpaired) electrons. The monoisotopic (exact) mass is 238 g/mol. The fourth-order valence-corrected chi connectivity index (χ4v) is 2.26. The number of aliphatic hydroxyl groups is 1. The number of aliphatic hydroxyl groups excluding tert-OH is 1. The molecule has 2 aromatic rings. The van der Waals surface area contributed by atoms with E-state index in [2.05, 4.69) is 30.8 Å². The van der Waals surface area contributed by atoms with Crippen molar-refractivity contribution >= 4 is 0 Å². The lowest BCUT2D eigenvalue weighted by molar-refractivity contribution is 0.160. The van der Waals surface area contributed by atoms with Crippen LogP contribution in [0.2, 0.25) is 0 Å². The molecule has 1 N–H and O–H groups in total. The van der Waals surface area contributed by atoms with Gasteiger partial charge < -0.3 is 5.11 Å². The first-order valence-corrected chi connectivity index (χ1v) is 6.21. The van der Waals surface area contributed by atoms with Crippen molar-refractivity contribution in [3.8, 4) is 0 Å². The Labute approximate surface area is 108 Å². The largest absolute Gasteiger partial charge is 0.392 e. The average molecular weight is 238 g/mol. The van der Waals surface area contributed by atoms with Crippen molar-refractivity contribution in [3.63, 3.8) is 0 Å². The first-order chi connectivity index (χ1) is 8.83. The lowest BCUT2D eigenvalue weighted by Gasteiger charge is -2.23. The third kappa shape index (κ3) is 2.88. The van der Waals surface area contributed by atoms with Crippen molar-refractivity contribution in [1.82, 2.24) is 0 Å². The first kappa shape index (κ1) is 12.6. The van der Waals surface area contributed by atoms with E-state index in [1.54, 1.807) is 6.08 Å². The van der Waals surface area contributed by atoms with Gasteiger partial charge in [0, 0.05) is 5.92 Å². The van der Waals surface area contributed by atoms with Crippen LogP contribution in [0.25, 0.3) is 0 Å². The van der Waals surface area contributed by atoms with Crippen molar-refractivity contribution in [2.75, 3.05) is 0 Å². The van der Waals surface area contributed by atoms with Crippen LogP contribution in [0, 0.1) is 0 Å². The molecule has 0 saturated heterocycles. The van der Waals surface area contributed by atoms with Gasteiger partial charge >= 0.3 is 0 Å². The van der Waals surface area contributed by atoms with Gasteiger partial charge in [0.1, 0.15) is 0 Å². The molecule has 18 heavy (non-hydrogen) atoms. The van der Waals surface area contributed by atoms with Crippen molar-refractivity contribution in [2.45, 2.75) is 18.4 Å². The van der Waals surface area contributed by atoms with Crippen LogP contribution >= 0.6 is 0 Å². The first-order valence-electron chi connectivity index (χ1n) is 6.21. The second-order valence-electron chi connectivity index (χ2n) is 4.39. The van der Waals surface area contributed by atoms with Gasteiger partial charge in [0.25, 0.3) is 0 Å². The van der Waals surface area contributed by atoms with E-state index in [-0.39, 0.29) is 5.92 Å². The van der Waals surface area contributed by atoms with Gasteiger partial charge in [-0.05, 0) is 17.5 Å². The Morgan fingerprint density at radius 3 is 1.72 bits per heavy atom. The van der Waals surface area contributed by atoms with Crippen LogP contribution in [0.1, 0.15) is 23.5 Å². The molecule has 1 heteroatoms. The molecule has 1 atom stereocenters. The SMILES string of the molecule is C=CCC(O)C(c1ccccc1)c1ccccc1. The average Bonchev–Trinajstić information content (AvgIpc) is 2.42. The van der Waals surface area contributed by atoms with Gasteiger partial charge in [-0.15, -0.1) is 6.58 Å². The number of hydrogen-bond acceptors (Lipinski definition) is 1. The molecule has 2 aromatic carbocycles. The fraction of sp³-hybridized carbons (Fsp3) is 0.176. The normalized spacial score (nSPS) is 12.3. The summed E-state index contributed by atoms with van der Waals surface area (Å²) in [5, 5.41) is 10.3. The second kappa shape index (κ2) is 6.18. The standard InChI is InChI=1S/C17H18O/c1-2-9-16(18)17(14-10-5-3-6-11-14)15-12-7-4-8-13-15/h2-8,10-13,16-18H,1,9H2. The molecule has 0 bridgehead atoms. The molecule has 0 aliphatic rings. The molecular formula is C17H18O. The smallest absolute Gasteiger partial charge is 0.0683 e.